The average Bonchev–Trinajstić information content (AvgIpc) is 3.48. The molecule has 1 aromatic carbocycles. The maximum atomic E-state index is 13.6. The molecule has 0 fully saturated rings. The predicted octanol–water partition coefficient (Wildman–Crippen LogP) is 4.93. The van der Waals surface area contributed by atoms with Crippen molar-refractivity contribution in [3.63, 3.8) is 0 Å². The molecule has 0 saturated carbocycles. The largest absolute Gasteiger partial charge is 0.436 e. The third kappa shape index (κ3) is 6.37. The highest BCUT2D eigenvalue weighted by molar-refractivity contribution is 6.32. The van der Waals surface area contributed by atoms with Gasteiger partial charge in [-0.25, -0.2) is 14.3 Å². The Labute approximate surface area is 230 Å². The lowest BCUT2D eigenvalue weighted by Crippen LogP contribution is -2.31. The summed E-state index contributed by atoms with van der Waals surface area (Å²) in [7, 11) is 0. The number of alkyl halides is 3. The fourth-order valence-electron chi connectivity index (χ4n) is 3.64. The Balaban J connectivity index is 1.74. The monoisotopic (exact) mass is 580 g/mol. The van der Waals surface area contributed by atoms with Gasteiger partial charge in [-0.3, -0.25) is 9.59 Å². The molecule has 15 heteroatoms. The Kier molecular flexibility index (Phi) is 7.93. The number of hydrogen-bond acceptors (Lipinski definition) is 6. The number of hydrogen-bond donors (Lipinski definition) is 2. The normalized spacial score (nSPS) is 11.6. The van der Waals surface area contributed by atoms with Crippen LogP contribution in [0.3, 0.4) is 0 Å². The van der Waals surface area contributed by atoms with E-state index in [1.807, 2.05) is 0 Å². The molecule has 0 aliphatic heterocycles. The van der Waals surface area contributed by atoms with Gasteiger partial charge in [0.15, 0.2) is 11.5 Å². The molecule has 4 rings (SSSR count). The van der Waals surface area contributed by atoms with Gasteiger partial charge in [0.1, 0.15) is 5.69 Å². The molecule has 0 spiro atoms. The minimum Gasteiger partial charge on any atom is -0.350 e. The number of benzene rings is 1. The molecule has 0 saturated heterocycles. The summed E-state index contributed by atoms with van der Waals surface area (Å²) in [4.78, 5) is 30.6. The van der Waals surface area contributed by atoms with Gasteiger partial charge in [-0.2, -0.15) is 18.3 Å². The molecule has 4 aromatic rings. The molecule has 10 nitrogen and oxygen atoms in total. The predicted molar refractivity (Wildman–Crippen MR) is 137 cm³/mol. The maximum Gasteiger partial charge on any atom is 0.436 e. The standard InChI is InChI=1S/C24H21Cl2F3N8O2/c1-12(2)31-22(38)16-8-14(25)7-13(3)20(16)32-23(39)18-9-15(10-36-11-19(33-35-36)24(27,28)29)34-37(18)21-17(26)5-4-6-30-21/h4-9,11-12H,10H2,1-3H3,(H,31,38)(H,32,39). The summed E-state index contributed by atoms with van der Waals surface area (Å²) in [5, 5.41) is 16.9. The molecule has 39 heavy (non-hydrogen) atoms. The number of carbonyl (C=O) groups excluding carboxylic acids is 2. The number of pyridine rings is 1. The number of rotatable bonds is 7. The Hall–Kier alpha value is -3.97. The Morgan fingerprint density at radius 3 is 2.51 bits per heavy atom. The van der Waals surface area contributed by atoms with Crippen LogP contribution in [0.25, 0.3) is 5.82 Å². The van der Waals surface area contributed by atoms with Crippen molar-refractivity contribution in [2.75, 3.05) is 5.32 Å². The van der Waals surface area contributed by atoms with Gasteiger partial charge in [-0.1, -0.05) is 28.4 Å². The number of amides is 2. The molecule has 0 aliphatic carbocycles. The number of aromatic nitrogens is 6. The summed E-state index contributed by atoms with van der Waals surface area (Å²) < 4.78 is 41.0. The van der Waals surface area contributed by atoms with Gasteiger partial charge in [-0.05, 0) is 56.7 Å². The molecule has 2 N–H and O–H groups in total. The number of aryl methyl sites for hydroxylation is 1. The topological polar surface area (TPSA) is 120 Å². The highest BCUT2D eigenvalue weighted by Crippen LogP contribution is 2.28. The summed E-state index contributed by atoms with van der Waals surface area (Å²) in [6.07, 6.45) is -2.50. The lowest BCUT2D eigenvalue weighted by molar-refractivity contribution is -0.141. The van der Waals surface area contributed by atoms with Gasteiger partial charge in [0.2, 0.25) is 0 Å². The summed E-state index contributed by atoms with van der Waals surface area (Å²) in [5.74, 6) is -1.02. The van der Waals surface area contributed by atoms with Crippen LogP contribution < -0.4 is 10.6 Å². The summed E-state index contributed by atoms with van der Waals surface area (Å²) in [5.41, 5.74) is -0.161. The minimum absolute atomic E-state index is 0.0497. The van der Waals surface area contributed by atoms with Crippen LogP contribution in [0.1, 0.15) is 51.6 Å². The molecule has 3 aromatic heterocycles. The van der Waals surface area contributed by atoms with Crippen molar-refractivity contribution in [3.05, 3.63) is 81.0 Å². The van der Waals surface area contributed by atoms with Gasteiger partial charge in [0, 0.05) is 17.3 Å². The van der Waals surface area contributed by atoms with E-state index in [1.54, 1.807) is 32.9 Å². The Morgan fingerprint density at radius 2 is 1.87 bits per heavy atom. The lowest BCUT2D eigenvalue weighted by Gasteiger charge is -2.16. The zero-order valence-electron chi connectivity index (χ0n) is 20.7. The Bertz CT molecular complexity index is 1550. The van der Waals surface area contributed by atoms with E-state index in [-0.39, 0.29) is 46.1 Å². The maximum absolute atomic E-state index is 13.6. The first kappa shape index (κ1) is 28.0. The minimum atomic E-state index is -4.67. The Morgan fingerprint density at radius 1 is 1.13 bits per heavy atom. The summed E-state index contributed by atoms with van der Waals surface area (Å²) in [6, 6.07) is 7.32. The van der Waals surface area contributed by atoms with Crippen LogP contribution in [0.15, 0.2) is 42.7 Å². The van der Waals surface area contributed by atoms with Gasteiger partial charge in [0.05, 0.1) is 34.7 Å². The van der Waals surface area contributed by atoms with E-state index in [0.717, 1.165) is 15.6 Å². The second-order valence-electron chi connectivity index (χ2n) is 8.77. The number of carbonyl (C=O) groups is 2. The SMILES string of the molecule is Cc1cc(Cl)cc(C(=O)NC(C)C)c1NC(=O)c1cc(Cn2cc(C(F)(F)F)nn2)nn1-c1ncccc1Cl. The number of nitrogens with one attached hydrogen (secondary N) is 2. The second kappa shape index (κ2) is 11.0. The van der Waals surface area contributed by atoms with Crippen LogP contribution in [0.5, 0.6) is 0 Å². The first-order chi connectivity index (χ1) is 18.3. The van der Waals surface area contributed by atoms with Gasteiger partial charge >= 0.3 is 6.18 Å². The van der Waals surface area contributed by atoms with Crippen molar-refractivity contribution < 1.29 is 22.8 Å². The molecule has 0 aliphatic rings. The fourth-order valence-corrected chi connectivity index (χ4v) is 4.12. The van der Waals surface area contributed by atoms with Crippen LogP contribution in [-0.4, -0.2) is 47.6 Å². The molecule has 0 atom stereocenters. The van der Waals surface area contributed by atoms with E-state index < -0.39 is 23.7 Å². The van der Waals surface area contributed by atoms with Crippen LogP contribution in [0.2, 0.25) is 10.0 Å². The van der Waals surface area contributed by atoms with E-state index in [4.69, 9.17) is 23.2 Å². The van der Waals surface area contributed by atoms with Crippen LogP contribution in [-0.2, 0) is 12.7 Å². The van der Waals surface area contributed by atoms with Crippen molar-refractivity contribution in [1.29, 1.82) is 0 Å². The molecule has 2 amide bonds. The number of halogens is 5. The van der Waals surface area contributed by atoms with Crippen molar-refractivity contribution in [3.8, 4) is 5.82 Å². The smallest absolute Gasteiger partial charge is 0.350 e. The lowest BCUT2D eigenvalue weighted by atomic mass is 10.1. The quantitative estimate of drug-likeness (QED) is 0.320. The van der Waals surface area contributed by atoms with E-state index in [1.165, 1.54) is 24.4 Å². The van der Waals surface area contributed by atoms with E-state index in [2.05, 4.69) is 31.0 Å². The van der Waals surface area contributed by atoms with Crippen molar-refractivity contribution in [2.24, 2.45) is 0 Å². The highest BCUT2D eigenvalue weighted by Gasteiger charge is 2.34. The van der Waals surface area contributed by atoms with E-state index in [0.29, 0.717) is 10.6 Å². The number of anilines is 1. The zero-order valence-corrected chi connectivity index (χ0v) is 22.2. The average molecular weight is 581 g/mol. The molecule has 0 bridgehead atoms. The molecule has 0 unspecified atom stereocenters. The van der Waals surface area contributed by atoms with Gasteiger partial charge in [-0.15, -0.1) is 5.10 Å². The van der Waals surface area contributed by atoms with Crippen LogP contribution >= 0.6 is 23.2 Å². The molecular weight excluding hydrogens is 560 g/mol. The zero-order chi connectivity index (χ0) is 28.5. The van der Waals surface area contributed by atoms with Gasteiger partial charge in [0.25, 0.3) is 11.8 Å². The molecule has 3 heterocycles. The highest BCUT2D eigenvalue weighted by atomic mass is 35.5. The van der Waals surface area contributed by atoms with Crippen molar-refractivity contribution in [2.45, 2.75) is 39.5 Å². The van der Waals surface area contributed by atoms with Gasteiger partial charge < -0.3 is 10.6 Å². The fraction of sp³-hybridized carbons (Fsp3) is 0.250. The summed E-state index contributed by atoms with van der Waals surface area (Å²) in [6.45, 7) is 5.02. The van der Waals surface area contributed by atoms with Crippen LogP contribution in [0, 0.1) is 6.92 Å². The number of nitrogens with zero attached hydrogens (tertiary/aromatic N) is 6. The molecule has 0 radical (unpaired) electrons. The first-order valence-corrected chi connectivity index (χ1v) is 12.2. The van der Waals surface area contributed by atoms with E-state index >= 15 is 0 Å². The summed E-state index contributed by atoms with van der Waals surface area (Å²) >= 11 is 12.5. The third-order valence-corrected chi connectivity index (χ3v) is 5.80. The second-order valence-corrected chi connectivity index (χ2v) is 9.61. The van der Waals surface area contributed by atoms with Crippen molar-refractivity contribution >= 4 is 40.7 Å². The third-order valence-electron chi connectivity index (χ3n) is 5.29. The van der Waals surface area contributed by atoms with Crippen LogP contribution in [0.4, 0.5) is 18.9 Å². The van der Waals surface area contributed by atoms with Crippen molar-refractivity contribution in [1.82, 2.24) is 35.1 Å². The first-order valence-electron chi connectivity index (χ1n) is 11.4. The molecule has 204 valence electrons. The molecular formula is C24H21Cl2F3N8O2. The van der Waals surface area contributed by atoms with E-state index in [9.17, 15) is 22.8 Å².